The van der Waals surface area contributed by atoms with Crippen molar-refractivity contribution in [2.45, 2.75) is 0 Å². The number of rotatable bonds is 5. The molecule has 1 aromatic rings. The van der Waals surface area contributed by atoms with Gasteiger partial charge in [0.15, 0.2) is 0 Å². The van der Waals surface area contributed by atoms with Crippen molar-refractivity contribution in [2.75, 3.05) is 20.2 Å². The summed E-state index contributed by atoms with van der Waals surface area (Å²) in [6.07, 6.45) is 0. The molecule has 0 radical (unpaired) electrons. The molecule has 0 unspecified atom stereocenters. The second-order valence-corrected chi connectivity index (χ2v) is 3.68. The lowest BCUT2D eigenvalue weighted by molar-refractivity contribution is -0.385. The van der Waals surface area contributed by atoms with E-state index in [9.17, 15) is 10.1 Å². The lowest BCUT2D eigenvalue weighted by Crippen LogP contribution is -2.16. The fraction of sp³-hybridized carbons (Fsp3) is 0.333. The number of likely N-dealkylation sites (N-methyl/N-ethyl adjacent to an activating group) is 1. The van der Waals surface area contributed by atoms with E-state index in [1.807, 2.05) is 7.05 Å². The molecule has 0 amide bonds. The van der Waals surface area contributed by atoms with E-state index < -0.39 is 4.92 Å². The molecule has 0 bridgehead atoms. The number of hydrogen-bond acceptors (Lipinski definition) is 4. The summed E-state index contributed by atoms with van der Waals surface area (Å²) in [4.78, 5) is 10.1. The van der Waals surface area contributed by atoms with Gasteiger partial charge in [0.25, 0.3) is 5.69 Å². The normalized spacial score (nSPS) is 10.0. The summed E-state index contributed by atoms with van der Waals surface area (Å²) in [7, 11) is 1.81. The van der Waals surface area contributed by atoms with Crippen molar-refractivity contribution in [1.29, 1.82) is 0 Å². The highest BCUT2D eigenvalue weighted by molar-refractivity contribution is 9.10. The molecule has 0 fully saturated rings. The average molecular weight is 275 g/mol. The van der Waals surface area contributed by atoms with E-state index in [1.165, 1.54) is 12.1 Å². The predicted octanol–water partition coefficient (Wildman–Crippen LogP) is 1.96. The van der Waals surface area contributed by atoms with Crippen LogP contribution in [0.2, 0.25) is 0 Å². The fourth-order valence-corrected chi connectivity index (χ4v) is 1.34. The Morgan fingerprint density at radius 1 is 1.60 bits per heavy atom. The zero-order chi connectivity index (χ0) is 11.3. The number of ether oxygens (including phenoxy) is 1. The van der Waals surface area contributed by atoms with Gasteiger partial charge in [0.05, 0.1) is 15.5 Å². The number of benzene rings is 1. The number of halogens is 1. The van der Waals surface area contributed by atoms with Gasteiger partial charge in [-0.15, -0.1) is 0 Å². The van der Waals surface area contributed by atoms with Crippen molar-refractivity contribution >= 4 is 21.6 Å². The van der Waals surface area contributed by atoms with Gasteiger partial charge in [0.1, 0.15) is 12.4 Å². The van der Waals surface area contributed by atoms with E-state index in [2.05, 4.69) is 21.2 Å². The monoisotopic (exact) mass is 274 g/mol. The highest BCUT2D eigenvalue weighted by Crippen LogP contribution is 2.28. The molecule has 0 saturated carbocycles. The number of hydrogen-bond donors (Lipinski definition) is 1. The minimum atomic E-state index is -0.447. The third-order valence-corrected chi connectivity index (χ3v) is 2.39. The van der Waals surface area contributed by atoms with Crippen LogP contribution in [0.25, 0.3) is 0 Å². The Balaban J connectivity index is 2.76. The highest BCUT2D eigenvalue weighted by atomic mass is 79.9. The summed E-state index contributed by atoms with van der Waals surface area (Å²) in [6, 6.07) is 4.43. The summed E-state index contributed by atoms with van der Waals surface area (Å²) < 4.78 is 6.07. The molecule has 0 aliphatic carbocycles. The second kappa shape index (κ2) is 5.67. The van der Waals surface area contributed by atoms with Crippen LogP contribution in [-0.2, 0) is 0 Å². The first-order valence-corrected chi connectivity index (χ1v) is 5.16. The maximum atomic E-state index is 10.5. The fourth-order valence-electron chi connectivity index (χ4n) is 0.979. The summed E-state index contributed by atoms with van der Waals surface area (Å²) in [5.41, 5.74) is 0.0256. The van der Waals surface area contributed by atoms with E-state index >= 15 is 0 Å². The summed E-state index contributed by atoms with van der Waals surface area (Å²) in [6.45, 7) is 1.16. The Labute approximate surface area is 95.7 Å². The second-order valence-electron chi connectivity index (χ2n) is 2.82. The summed E-state index contributed by atoms with van der Waals surface area (Å²) in [5.74, 6) is 0.486. The molecule has 1 aromatic carbocycles. The minimum Gasteiger partial charge on any atom is -0.491 e. The maximum Gasteiger partial charge on any atom is 0.273 e. The average Bonchev–Trinajstić information content (AvgIpc) is 2.20. The molecule has 1 N–H and O–H groups in total. The molecule has 82 valence electrons. The van der Waals surface area contributed by atoms with Crippen LogP contribution in [0.15, 0.2) is 22.7 Å². The summed E-state index contributed by atoms with van der Waals surface area (Å²) in [5, 5.41) is 13.4. The number of nitro benzene ring substituents is 1. The SMILES string of the molecule is CNCCOc1cc([N+](=O)[O-])ccc1Br. The van der Waals surface area contributed by atoms with Crippen LogP contribution in [0.5, 0.6) is 5.75 Å². The zero-order valence-electron chi connectivity index (χ0n) is 8.20. The smallest absolute Gasteiger partial charge is 0.273 e. The molecule has 0 heterocycles. The number of non-ortho nitro benzene ring substituents is 1. The van der Waals surface area contributed by atoms with E-state index in [-0.39, 0.29) is 5.69 Å². The molecular formula is C9H11BrN2O3. The Hall–Kier alpha value is -1.14. The Kier molecular flexibility index (Phi) is 4.51. The van der Waals surface area contributed by atoms with Crippen LogP contribution in [-0.4, -0.2) is 25.1 Å². The standard InChI is InChI=1S/C9H11BrN2O3/c1-11-4-5-15-9-6-7(12(13)14)2-3-8(9)10/h2-3,6,11H,4-5H2,1H3. The van der Waals surface area contributed by atoms with Crippen LogP contribution in [0.4, 0.5) is 5.69 Å². The molecule has 5 nitrogen and oxygen atoms in total. The van der Waals surface area contributed by atoms with Gasteiger partial charge >= 0.3 is 0 Å². The Morgan fingerprint density at radius 3 is 2.93 bits per heavy atom. The van der Waals surface area contributed by atoms with Crippen molar-refractivity contribution < 1.29 is 9.66 Å². The molecule has 0 aromatic heterocycles. The molecule has 0 aliphatic rings. The lowest BCUT2D eigenvalue weighted by atomic mass is 10.3. The van der Waals surface area contributed by atoms with Gasteiger partial charge in [-0.05, 0) is 29.0 Å². The van der Waals surface area contributed by atoms with Gasteiger partial charge < -0.3 is 10.1 Å². The molecular weight excluding hydrogens is 264 g/mol. The first kappa shape index (κ1) is 11.9. The molecule has 15 heavy (non-hydrogen) atoms. The van der Waals surface area contributed by atoms with E-state index in [1.54, 1.807) is 6.07 Å². The third-order valence-electron chi connectivity index (χ3n) is 1.74. The van der Waals surface area contributed by atoms with E-state index in [0.29, 0.717) is 23.4 Å². The van der Waals surface area contributed by atoms with Crippen molar-refractivity contribution in [3.05, 3.63) is 32.8 Å². The minimum absolute atomic E-state index is 0.0256. The molecule has 0 spiro atoms. The van der Waals surface area contributed by atoms with Crippen molar-refractivity contribution in [3.8, 4) is 5.75 Å². The largest absolute Gasteiger partial charge is 0.491 e. The van der Waals surface area contributed by atoms with Crippen LogP contribution in [0, 0.1) is 10.1 Å². The van der Waals surface area contributed by atoms with Gasteiger partial charge in [-0.1, -0.05) is 0 Å². The van der Waals surface area contributed by atoms with Gasteiger partial charge in [0.2, 0.25) is 0 Å². The van der Waals surface area contributed by atoms with Crippen LogP contribution in [0.3, 0.4) is 0 Å². The quantitative estimate of drug-likeness (QED) is 0.507. The molecule has 0 saturated heterocycles. The topological polar surface area (TPSA) is 64.4 Å². The third kappa shape index (κ3) is 3.49. The summed E-state index contributed by atoms with van der Waals surface area (Å²) >= 11 is 3.26. The maximum absolute atomic E-state index is 10.5. The van der Waals surface area contributed by atoms with Gasteiger partial charge in [-0.25, -0.2) is 0 Å². The van der Waals surface area contributed by atoms with E-state index in [4.69, 9.17) is 4.74 Å². The van der Waals surface area contributed by atoms with Gasteiger partial charge in [0, 0.05) is 12.6 Å². The van der Waals surface area contributed by atoms with Crippen molar-refractivity contribution in [2.24, 2.45) is 0 Å². The lowest BCUT2D eigenvalue weighted by Gasteiger charge is -2.07. The van der Waals surface area contributed by atoms with Gasteiger partial charge in [-0.2, -0.15) is 0 Å². The van der Waals surface area contributed by atoms with Crippen LogP contribution >= 0.6 is 15.9 Å². The number of nitrogens with zero attached hydrogens (tertiary/aromatic N) is 1. The molecule has 0 atom stereocenters. The molecule has 6 heteroatoms. The first-order valence-electron chi connectivity index (χ1n) is 4.36. The first-order chi connectivity index (χ1) is 7.15. The zero-order valence-corrected chi connectivity index (χ0v) is 9.78. The van der Waals surface area contributed by atoms with Crippen molar-refractivity contribution in [3.63, 3.8) is 0 Å². The number of nitrogens with one attached hydrogen (secondary N) is 1. The van der Waals surface area contributed by atoms with Crippen LogP contribution in [0.1, 0.15) is 0 Å². The van der Waals surface area contributed by atoms with Gasteiger partial charge in [-0.3, -0.25) is 10.1 Å². The Morgan fingerprint density at radius 2 is 2.33 bits per heavy atom. The van der Waals surface area contributed by atoms with Crippen molar-refractivity contribution in [1.82, 2.24) is 5.32 Å². The molecule has 1 rings (SSSR count). The van der Waals surface area contributed by atoms with Crippen LogP contribution < -0.4 is 10.1 Å². The molecule has 0 aliphatic heterocycles. The number of nitro groups is 1. The Bertz CT molecular complexity index is 357. The highest BCUT2D eigenvalue weighted by Gasteiger charge is 2.09. The predicted molar refractivity (Wildman–Crippen MR) is 60.2 cm³/mol. The van der Waals surface area contributed by atoms with E-state index in [0.717, 1.165) is 0 Å².